The predicted octanol–water partition coefficient (Wildman–Crippen LogP) is -0.0167. The summed E-state index contributed by atoms with van der Waals surface area (Å²) in [5, 5.41) is 5.44. The topological polar surface area (TPSA) is 66.4 Å². The van der Waals surface area contributed by atoms with Crippen LogP contribution in [-0.4, -0.2) is 56.9 Å². The van der Waals surface area contributed by atoms with Gasteiger partial charge in [0.2, 0.25) is 5.91 Å². The highest BCUT2D eigenvalue weighted by atomic mass is 32.1. The van der Waals surface area contributed by atoms with Crippen LogP contribution >= 0.6 is 11.5 Å². The van der Waals surface area contributed by atoms with Crippen LogP contribution in [0.1, 0.15) is 23.3 Å². The smallest absolute Gasteiger partial charge is 0.275 e. The zero-order valence-corrected chi connectivity index (χ0v) is 10.2. The van der Waals surface area contributed by atoms with Crippen molar-refractivity contribution in [3.63, 3.8) is 0 Å². The van der Waals surface area contributed by atoms with Gasteiger partial charge in [-0.05, 0) is 18.0 Å². The Morgan fingerprint density at radius 1 is 1.53 bits per heavy atom. The number of aromatic nitrogens is 2. The van der Waals surface area contributed by atoms with E-state index in [2.05, 4.69) is 9.59 Å². The molecule has 2 amide bonds. The minimum absolute atomic E-state index is 0.0155. The third-order valence-corrected chi connectivity index (χ3v) is 4.13. The molecule has 2 aliphatic heterocycles. The molecule has 2 unspecified atom stereocenters. The van der Waals surface area contributed by atoms with E-state index in [1.165, 1.54) is 11.5 Å². The van der Waals surface area contributed by atoms with Gasteiger partial charge in [-0.15, -0.1) is 5.10 Å². The third-order valence-electron chi connectivity index (χ3n) is 3.62. The Kier molecular flexibility index (Phi) is 2.36. The molecule has 0 aliphatic carbocycles. The molecule has 2 fully saturated rings. The predicted molar refractivity (Wildman–Crippen MR) is 60.5 cm³/mol. The van der Waals surface area contributed by atoms with Crippen LogP contribution in [0.25, 0.3) is 0 Å². The lowest BCUT2D eigenvalue weighted by atomic mass is 10.1. The molecule has 6 nitrogen and oxygen atoms in total. The number of hydrogen-bond acceptors (Lipinski definition) is 5. The van der Waals surface area contributed by atoms with Crippen molar-refractivity contribution in [1.82, 2.24) is 19.4 Å². The summed E-state index contributed by atoms with van der Waals surface area (Å²) in [5.74, 6) is 0.0169. The van der Waals surface area contributed by atoms with E-state index in [4.69, 9.17) is 0 Å². The number of fused-ring (bicyclic) bond motifs is 1. The highest BCUT2D eigenvalue weighted by Crippen LogP contribution is 2.32. The van der Waals surface area contributed by atoms with Crippen LogP contribution in [0.3, 0.4) is 0 Å². The Hall–Kier alpha value is -1.50. The summed E-state index contributed by atoms with van der Waals surface area (Å²) in [7, 11) is 1.81. The van der Waals surface area contributed by atoms with Gasteiger partial charge < -0.3 is 9.80 Å². The maximum atomic E-state index is 12.2. The van der Waals surface area contributed by atoms with Crippen molar-refractivity contribution in [3.8, 4) is 0 Å². The first-order valence-electron chi connectivity index (χ1n) is 5.52. The zero-order valence-electron chi connectivity index (χ0n) is 9.37. The standard InChI is InChI=1S/C10H12N4O2S/c1-13-7-2-3-14(8(7)4-9(13)15)10(16)6-5-17-12-11-6/h5,7-8H,2-4H2,1H3. The molecular formula is C10H12N4O2S. The summed E-state index contributed by atoms with van der Waals surface area (Å²) in [5.41, 5.74) is 0.387. The van der Waals surface area contributed by atoms with Gasteiger partial charge in [-0.1, -0.05) is 4.49 Å². The lowest BCUT2D eigenvalue weighted by Crippen LogP contribution is -2.39. The van der Waals surface area contributed by atoms with Gasteiger partial charge in [0, 0.05) is 25.4 Å². The number of carbonyl (C=O) groups excluding carboxylic acids is 2. The van der Waals surface area contributed by atoms with Crippen LogP contribution in [0.4, 0.5) is 0 Å². The second kappa shape index (κ2) is 3.76. The normalized spacial score (nSPS) is 27.7. The molecule has 7 heteroatoms. The molecule has 90 valence electrons. The second-order valence-corrected chi connectivity index (χ2v) is 5.03. The van der Waals surface area contributed by atoms with Gasteiger partial charge in [0.05, 0.1) is 12.1 Å². The maximum Gasteiger partial charge on any atom is 0.275 e. The molecule has 2 aliphatic rings. The maximum absolute atomic E-state index is 12.2. The molecule has 3 heterocycles. The van der Waals surface area contributed by atoms with E-state index in [0.717, 1.165) is 6.42 Å². The first-order chi connectivity index (χ1) is 8.18. The fourth-order valence-corrected chi connectivity index (χ4v) is 3.13. The summed E-state index contributed by atoms with van der Waals surface area (Å²) in [6.07, 6.45) is 1.29. The molecule has 0 aromatic carbocycles. The van der Waals surface area contributed by atoms with Crippen LogP contribution in [0.5, 0.6) is 0 Å². The van der Waals surface area contributed by atoms with Crippen LogP contribution in [0.15, 0.2) is 5.38 Å². The average molecular weight is 252 g/mol. The van der Waals surface area contributed by atoms with Gasteiger partial charge >= 0.3 is 0 Å². The van der Waals surface area contributed by atoms with Crippen LogP contribution < -0.4 is 0 Å². The van der Waals surface area contributed by atoms with E-state index >= 15 is 0 Å². The fraction of sp³-hybridized carbons (Fsp3) is 0.600. The first-order valence-corrected chi connectivity index (χ1v) is 6.36. The third kappa shape index (κ3) is 1.53. The number of rotatable bonds is 1. The van der Waals surface area contributed by atoms with E-state index in [9.17, 15) is 9.59 Å². The lowest BCUT2D eigenvalue weighted by Gasteiger charge is -2.22. The van der Waals surface area contributed by atoms with E-state index in [-0.39, 0.29) is 23.9 Å². The van der Waals surface area contributed by atoms with Gasteiger partial charge in [-0.25, -0.2) is 0 Å². The summed E-state index contributed by atoms with van der Waals surface area (Å²) >= 11 is 1.17. The first kappa shape index (κ1) is 10.6. The summed E-state index contributed by atoms with van der Waals surface area (Å²) < 4.78 is 3.70. The van der Waals surface area contributed by atoms with E-state index in [1.54, 1.807) is 15.2 Å². The van der Waals surface area contributed by atoms with Crippen LogP contribution in [0, 0.1) is 0 Å². The van der Waals surface area contributed by atoms with Crippen molar-refractivity contribution >= 4 is 23.3 Å². The number of amides is 2. The number of carbonyl (C=O) groups is 2. The summed E-state index contributed by atoms with van der Waals surface area (Å²) in [6, 6.07) is 0.194. The molecule has 0 bridgehead atoms. The van der Waals surface area contributed by atoms with Crippen LogP contribution in [-0.2, 0) is 4.79 Å². The van der Waals surface area contributed by atoms with Gasteiger partial charge in [-0.2, -0.15) is 0 Å². The average Bonchev–Trinajstić information content (AvgIpc) is 2.99. The lowest BCUT2D eigenvalue weighted by molar-refractivity contribution is -0.127. The minimum Gasteiger partial charge on any atom is -0.341 e. The summed E-state index contributed by atoms with van der Waals surface area (Å²) in [4.78, 5) is 27.3. The Bertz CT molecular complexity index is 461. The Morgan fingerprint density at radius 2 is 2.35 bits per heavy atom. The largest absolute Gasteiger partial charge is 0.341 e. The highest BCUT2D eigenvalue weighted by Gasteiger charge is 2.47. The van der Waals surface area contributed by atoms with Gasteiger partial charge in [0.1, 0.15) is 0 Å². The Morgan fingerprint density at radius 3 is 3.06 bits per heavy atom. The van der Waals surface area contributed by atoms with E-state index in [0.29, 0.717) is 18.7 Å². The Labute approximate surface area is 102 Å². The molecule has 1 aromatic heterocycles. The number of hydrogen-bond donors (Lipinski definition) is 0. The van der Waals surface area contributed by atoms with Crippen molar-refractivity contribution in [2.24, 2.45) is 0 Å². The van der Waals surface area contributed by atoms with Crippen molar-refractivity contribution in [3.05, 3.63) is 11.1 Å². The van der Waals surface area contributed by atoms with Crippen molar-refractivity contribution in [2.75, 3.05) is 13.6 Å². The van der Waals surface area contributed by atoms with E-state index < -0.39 is 0 Å². The quantitative estimate of drug-likeness (QED) is 0.704. The SMILES string of the molecule is CN1C(=O)CC2C1CCN2C(=O)c1csnn1. The second-order valence-electron chi connectivity index (χ2n) is 4.42. The van der Waals surface area contributed by atoms with Gasteiger partial charge in [-0.3, -0.25) is 9.59 Å². The van der Waals surface area contributed by atoms with Gasteiger partial charge in [0.15, 0.2) is 5.69 Å². The molecule has 1 aromatic rings. The minimum atomic E-state index is -0.102. The van der Waals surface area contributed by atoms with Crippen molar-refractivity contribution in [1.29, 1.82) is 0 Å². The fourth-order valence-electron chi connectivity index (χ4n) is 2.70. The number of nitrogens with zero attached hydrogens (tertiary/aromatic N) is 4. The summed E-state index contributed by atoms with van der Waals surface area (Å²) in [6.45, 7) is 0.698. The molecule has 3 rings (SSSR count). The van der Waals surface area contributed by atoms with Gasteiger partial charge in [0.25, 0.3) is 5.91 Å². The molecule has 0 N–H and O–H groups in total. The Balaban J connectivity index is 1.83. The van der Waals surface area contributed by atoms with Crippen molar-refractivity contribution in [2.45, 2.75) is 24.9 Å². The highest BCUT2D eigenvalue weighted by molar-refractivity contribution is 7.03. The number of likely N-dealkylation sites (tertiary alicyclic amines) is 2. The van der Waals surface area contributed by atoms with Crippen LogP contribution in [0.2, 0.25) is 0 Å². The zero-order chi connectivity index (χ0) is 12.0. The molecule has 17 heavy (non-hydrogen) atoms. The molecule has 0 saturated carbocycles. The molecular weight excluding hydrogens is 240 g/mol. The van der Waals surface area contributed by atoms with E-state index in [1.807, 2.05) is 7.05 Å². The number of likely N-dealkylation sites (N-methyl/N-ethyl adjacent to an activating group) is 1. The molecule has 0 radical (unpaired) electrons. The van der Waals surface area contributed by atoms with Crippen molar-refractivity contribution < 1.29 is 9.59 Å². The molecule has 0 spiro atoms. The molecule has 2 atom stereocenters. The molecule has 2 saturated heterocycles. The monoisotopic (exact) mass is 252 g/mol.